The molecule has 0 atom stereocenters. The van der Waals surface area contributed by atoms with Gasteiger partial charge in [-0.05, 0) is 24.3 Å². The number of piperazine rings is 1. The van der Waals surface area contributed by atoms with E-state index in [0.29, 0.717) is 34.7 Å². The van der Waals surface area contributed by atoms with Crippen LogP contribution in [-0.2, 0) is 10.0 Å². The molecule has 1 saturated heterocycles. The van der Waals surface area contributed by atoms with Gasteiger partial charge < -0.3 is 9.88 Å². The lowest BCUT2D eigenvalue weighted by molar-refractivity contribution is 0.384. The first kappa shape index (κ1) is 15.9. The predicted molar refractivity (Wildman–Crippen MR) is 96.4 cm³/mol. The van der Waals surface area contributed by atoms with Crippen LogP contribution in [0.2, 0.25) is 4.34 Å². The highest BCUT2D eigenvalue weighted by atomic mass is 35.5. The largest absolute Gasteiger partial charge is 0.340 e. The SMILES string of the molecule is O=S(=O)(c1ccc(Cl)s1)N1CCN(c2nc3ccccc3[nH]2)CC1. The Bertz CT molecular complexity index is 941. The molecule has 24 heavy (non-hydrogen) atoms. The zero-order chi connectivity index (χ0) is 16.7. The van der Waals surface area contributed by atoms with Crippen LogP contribution in [0.5, 0.6) is 0 Å². The average molecular weight is 383 g/mol. The molecule has 0 saturated carbocycles. The molecule has 3 heterocycles. The van der Waals surface area contributed by atoms with Crippen molar-refractivity contribution >= 4 is 49.9 Å². The van der Waals surface area contributed by atoms with Crippen LogP contribution in [0.3, 0.4) is 0 Å². The van der Waals surface area contributed by atoms with Crippen molar-refractivity contribution in [2.75, 3.05) is 31.1 Å². The summed E-state index contributed by atoms with van der Waals surface area (Å²) >= 11 is 6.95. The van der Waals surface area contributed by atoms with Crippen LogP contribution in [0.15, 0.2) is 40.6 Å². The molecule has 1 N–H and O–H groups in total. The molecular weight excluding hydrogens is 368 g/mol. The number of thiophene rings is 1. The molecule has 2 aromatic heterocycles. The van der Waals surface area contributed by atoms with Crippen LogP contribution in [0, 0.1) is 0 Å². The number of hydrogen-bond acceptors (Lipinski definition) is 5. The standard InChI is InChI=1S/C15H15ClN4O2S2/c16-13-5-6-14(23-13)24(21,22)20-9-7-19(8-10-20)15-17-11-3-1-2-4-12(11)18-15/h1-6H,7-10H2,(H,17,18). The summed E-state index contributed by atoms with van der Waals surface area (Å²) in [5.41, 5.74) is 1.89. The number of nitrogens with zero attached hydrogens (tertiary/aromatic N) is 3. The van der Waals surface area contributed by atoms with Crippen LogP contribution in [0.25, 0.3) is 11.0 Å². The number of rotatable bonds is 3. The first-order valence-electron chi connectivity index (χ1n) is 7.49. The number of anilines is 1. The molecule has 1 aromatic carbocycles. The van der Waals surface area contributed by atoms with Gasteiger partial charge in [-0.3, -0.25) is 0 Å². The lowest BCUT2D eigenvalue weighted by Crippen LogP contribution is -2.48. The molecule has 0 unspecified atom stereocenters. The number of halogens is 1. The van der Waals surface area contributed by atoms with Gasteiger partial charge in [0.2, 0.25) is 5.95 Å². The summed E-state index contributed by atoms with van der Waals surface area (Å²) in [7, 11) is -3.46. The Morgan fingerprint density at radius 1 is 1.08 bits per heavy atom. The average Bonchev–Trinajstić information content (AvgIpc) is 3.21. The Balaban J connectivity index is 1.50. The second kappa shape index (κ2) is 6.03. The molecule has 6 nitrogen and oxygen atoms in total. The van der Waals surface area contributed by atoms with Gasteiger partial charge in [0.25, 0.3) is 10.0 Å². The molecule has 126 valence electrons. The minimum atomic E-state index is -3.46. The highest BCUT2D eigenvalue weighted by molar-refractivity contribution is 7.91. The number of nitrogens with one attached hydrogen (secondary N) is 1. The van der Waals surface area contributed by atoms with E-state index in [9.17, 15) is 8.42 Å². The summed E-state index contributed by atoms with van der Waals surface area (Å²) in [6, 6.07) is 11.0. The zero-order valence-corrected chi connectivity index (χ0v) is 15.0. The number of para-hydroxylation sites is 2. The lowest BCUT2D eigenvalue weighted by Gasteiger charge is -2.33. The molecule has 0 amide bonds. The van der Waals surface area contributed by atoms with Gasteiger partial charge in [0.1, 0.15) is 4.21 Å². The lowest BCUT2D eigenvalue weighted by atomic mass is 10.3. The molecule has 0 aliphatic carbocycles. The van der Waals surface area contributed by atoms with Crippen molar-refractivity contribution in [1.29, 1.82) is 0 Å². The quantitative estimate of drug-likeness (QED) is 0.756. The van der Waals surface area contributed by atoms with Crippen molar-refractivity contribution in [3.63, 3.8) is 0 Å². The first-order valence-corrected chi connectivity index (χ1v) is 10.1. The molecule has 1 fully saturated rings. The fraction of sp³-hybridized carbons (Fsp3) is 0.267. The van der Waals surface area contributed by atoms with E-state index in [4.69, 9.17) is 11.6 Å². The number of aromatic nitrogens is 2. The molecule has 0 bridgehead atoms. The van der Waals surface area contributed by atoms with Gasteiger partial charge in [-0.25, -0.2) is 13.4 Å². The highest BCUT2D eigenvalue weighted by Gasteiger charge is 2.30. The summed E-state index contributed by atoms with van der Waals surface area (Å²) in [6.07, 6.45) is 0. The number of imidazole rings is 1. The van der Waals surface area contributed by atoms with E-state index in [2.05, 4.69) is 14.9 Å². The Morgan fingerprint density at radius 2 is 1.83 bits per heavy atom. The van der Waals surface area contributed by atoms with Crippen LogP contribution in [-0.4, -0.2) is 48.9 Å². The first-order chi connectivity index (χ1) is 11.5. The van der Waals surface area contributed by atoms with Crippen molar-refractivity contribution in [3.05, 3.63) is 40.7 Å². The third kappa shape index (κ3) is 2.79. The summed E-state index contributed by atoms with van der Waals surface area (Å²) in [4.78, 5) is 9.93. The Labute approximate surface area is 148 Å². The van der Waals surface area contributed by atoms with Gasteiger partial charge in [-0.2, -0.15) is 4.31 Å². The predicted octanol–water partition coefficient (Wildman–Crippen LogP) is 2.79. The van der Waals surface area contributed by atoms with Crippen LogP contribution in [0.4, 0.5) is 5.95 Å². The number of sulfonamides is 1. The van der Waals surface area contributed by atoms with Crippen LogP contribution < -0.4 is 4.90 Å². The topological polar surface area (TPSA) is 69.3 Å². The van der Waals surface area contributed by atoms with E-state index in [0.717, 1.165) is 28.3 Å². The van der Waals surface area contributed by atoms with Gasteiger partial charge >= 0.3 is 0 Å². The summed E-state index contributed by atoms with van der Waals surface area (Å²) in [5, 5.41) is 0. The fourth-order valence-corrected chi connectivity index (χ4v) is 5.85. The number of hydrogen-bond donors (Lipinski definition) is 1. The van der Waals surface area contributed by atoms with Crippen molar-refractivity contribution in [3.8, 4) is 0 Å². The Kier molecular flexibility index (Phi) is 4.00. The van der Waals surface area contributed by atoms with Gasteiger partial charge in [0, 0.05) is 26.2 Å². The minimum Gasteiger partial charge on any atom is -0.340 e. The molecule has 1 aliphatic rings. The maximum Gasteiger partial charge on any atom is 0.252 e. The number of H-pyrrole nitrogens is 1. The van der Waals surface area contributed by atoms with E-state index in [1.165, 1.54) is 4.31 Å². The zero-order valence-electron chi connectivity index (χ0n) is 12.6. The smallest absolute Gasteiger partial charge is 0.252 e. The Morgan fingerprint density at radius 3 is 2.50 bits per heavy atom. The van der Waals surface area contributed by atoms with Crippen molar-refractivity contribution in [1.82, 2.24) is 14.3 Å². The number of aromatic amines is 1. The molecule has 0 spiro atoms. The number of fused-ring (bicyclic) bond motifs is 1. The van der Waals surface area contributed by atoms with Gasteiger partial charge in [0.15, 0.2) is 0 Å². The third-order valence-corrected chi connectivity index (χ3v) is 7.65. The molecule has 0 radical (unpaired) electrons. The fourth-order valence-electron chi connectivity index (χ4n) is 2.79. The van der Waals surface area contributed by atoms with Crippen LogP contribution >= 0.6 is 22.9 Å². The molecule has 1 aliphatic heterocycles. The summed E-state index contributed by atoms with van der Waals surface area (Å²) < 4.78 is 27.5. The summed E-state index contributed by atoms with van der Waals surface area (Å²) in [6.45, 7) is 2.04. The number of benzene rings is 1. The van der Waals surface area contributed by atoms with Gasteiger partial charge in [0.05, 0.1) is 15.4 Å². The van der Waals surface area contributed by atoms with E-state index in [1.807, 2.05) is 24.3 Å². The van der Waals surface area contributed by atoms with E-state index in [1.54, 1.807) is 12.1 Å². The monoisotopic (exact) mass is 382 g/mol. The van der Waals surface area contributed by atoms with Gasteiger partial charge in [-0.1, -0.05) is 23.7 Å². The maximum atomic E-state index is 12.6. The van der Waals surface area contributed by atoms with E-state index < -0.39 is 10.0 Å². The second-order valence-corrected chi connectivity index (χ2v) is 9.41. The van der Waals surface area contributed by atoms with E-state index >= 15 is 0 Å². The second-order valence-electron chi connectivity index (χ2n) is 5.53. The van der Waals surface area contributed by atoms with Gasteiger partial charge in [-0.15, -0.1) is 11.3 Å². The minimum absolute atomic E-state index is 0.296. The third-order valence-electron chi connectivity index (χ3n) is 4.06. The molecule has 3 aromatic rings. The van der Waals surface area contributed by atoms with E-state index in [-0.39, 0.29) is 0 Å². The Hall–Kier alpha value is -1.61. The molecule has 9 heteroatoms. The normalized spacial score (nSPS) is 16.8. The molecule has 4 rings (SSSR count). The summed E-state index contributed by atoms with van der Waals surface area (Å²) in [5.74, 6) is 0.785. The maximum absolute atomic E-state index is 12.6. The van der Waals surface area contributed by atoms with Crippen molar-refractivity contribution in [2.24, 2.45) is 0 Å². The van der Waals surface area contributed by atoms with Crippen molar-refractivity contribution in [2.45, 2.75) is 4.21 Å². The highest BCUT2D eigenvalue weighted by Crippen LogP contribution is 2.29. The molecular formula is C15H15ClN4O2S2. The van der Waals surface area contributed by atoms with Crippen LogP contribution in [0.1, 0.15) is 0 Å². The van der Waals surface area contributed by atoms with Crippen molar-refractivity contribution < 1.29 is 8.42 Å².